The fraction of sp³-hybridized carbons (Fsp3) is 0.543. The number of benzene rings is 2. The monoisotopic (exact) mass is 565 g/mol. The molecule has 1 N–H and O–H groups in total. The van der Waals surface area contributed by atoms with Crippen molar-refractivity contribution in [1.82, 2.24) is 5.32 Å². The quantitative estimate of drug-likeness (QED) is 0.0826. The summed E-state index contributed by atoms with van der Waals surface area (Å²) in [6, 6.07) is 18.7. The van der Waals surface area contributed by atoms with Crippen molar-refractivity contribution in [2.24, 2.45) is 0 Å². The molecule has 0 spiro atoms. The summed E-state index contributed by atoms with van der Waals surface area (Å²) in [6.45, 7) is 6.64. The number of alkyl carbamates (subject to hydrolysis) is 1. The van der Waals surface area contributed by atoms with E-state index in [1.807, 2.05) is 12.1 Å². The first kappa shape index (κ1) is 33.9. The van der Waals surface area contributed by atoms with Crippen molar-refractivity contribution >= 4 is 12.1 Å². The number of amides is 1. The zero-order valence-corrected chi connectivity index (χ0v) is 25.2. The second-order valence-corrected chi connectivity index (χ2v) is 10.6. The van der Waals surface area contributed by atoms with Crippen LogP contribution in [0.2, 0.25) is 0 Å². The van der Waals surface area contributed by atoms with Crippen LogP contribution >= 0.6 is 0 Å². The highest BCUT2D eigenvalue weighted by atomic mass is 16.6. The van der Waals surface area contributed by atoms with Gasteiger partial charge in [0, 0.05) is 11.1 Å². The summed E-state index contributed by atoms with van der Waals surface area (Å²) in [5, 5.41) is 2.57. The van der Waals surface area contributed by atoms with E-state index in [-0.39, 0.29) is 13.2 Å². The van der Waals surface area contributed by atoms with E-state index < -0.39 is 12.1 Å². The third-order valence-corrected chi connectivity index (χ3v) is 6.95. The zero-order valence-electron chi connectivity index (χ0n) is 25.2. The highest BCUT2D eigenvalue weighted by Crippen LogP contribution is 2.29. The van der Waals surface area contributed by atoms with Gasteiger partial charge < -0.3 is 19.5 Å². The number of rotatable bonds is 23. The molecule has 0 saturated carbocycles. The van der Waals surface area contributed by atoms with Gasteiger partial charge in [0.15, 0.2) is 0 Å². The lowest BCUT2D eigenvalue weighted by atomic mass is 10.0. The van der Waals surface area contributed by atoms with E-state index >= 15 is 0 Å². The van der Waals surface area contributed by atoms with Crippen LogP contribution in [0.15, 0.2) is 66.7 Å². The van der Waals surface area contributed by atoms with Crippen molar-refractivity contribution in [1.29, 1.82) is 0 Å². The molecular formula is C35H51NO5. The first-order valence-electron chi connectivity index (χ1n) is 15.6. The summed E-state index contributed by atoms with van der Waals surface area (Å²) in [5.41, 5.74) is 2.71. The van der Waals surface area contributed by atoms with E-state index in [1.165, 1.54) is 81.8 Å². The van der Waals surface area contributed by atoms with Gasteiger partial charge in [0.05, 0.1) is 19.8 Å². The Hall–Kier alpha value is -3.28. The second kappa shape index (κ2) is 22.4. The van der Waals surface area contributed by atoms with Crippen LogP contribution in [0.4, 0.5) is 4.79 Å². The highest BCUT2D eigenvalue weighted by molar-refractivity contribution is 5.86. The molecule has 0 unspecified atom stereocenters. The molecule has 0 bridgehead atoms. The lowest BCUT2D eigenvalue weighted by Crippen LogP contribution is -2.29. The van der Waals surface area contributed by atoms with Gasteiger partial charge in [0.25, 0.3) is 0 Å². The number of ether oxygens (including phenoxy) is 3. The van der Waals surface area contributed by atoms with Crippen molar-refractivity contribution in [3.63, 3.8) is 0 Å². The molecule has 6 heteroatoms. The highest BCUT2D eigenvalue weighted by Gasteiger charge is 2.06. The molecule has 0 heterocycles. The Balaban J connectivity index is 1.30. The van der Waals surface area contributed by atoms with Crippen LogP contribution in [-0.2, 0) is 14.3 Å². The second-order valence-electron chi connectivity index (χ2n) is 10.6. The van der Waals surface area contributed by atoms with Gasteiger partial charge >= 0.3 is 12.1 Å². The average molecular weight is 566 g/mol. The molecule has 2 aromatic carbocycles. The number of para-hydroxylation sites is 1. The van der Waals surface area contributed by atoms with E-state index in [9.17, 15) is 9.59 Å². The smallest absolute Gasteiger partial charge is 0.407 e. The minimum Gasteiger partial charge on any atom is -0.493 e. The van der Waals surface area contributed by atoms with Crippen molar-refractivity contribution in [3.05, 3.63) is 66.7 Å². The van der Waals surface area contributed by atoms with Gasteiger partial charge in [0.1, 0.15) is 12.4 Å². The number of unbranched alkanes of at least 4 members (excludes halogenated alkanes) is 13. The first-order chi connectivity index (χ1) is 20.1. The average Bonchev–Trinajstić information content (AvgIpc) is 2.99. The summed E-state index contributed by atoms with van der Waals surface area (Å²) in [6.07, 6.45) is 16.8. The Morgan fingerprint density at radius 2 is 1.15 bits per heavy atom. The standard InChI is InChI=1S/C35H51NO5/c1-30(2)34(37)40-29-26-36-35(38)41-28-21-14-12-10-8-6-4-3-5-7-9-11-13-20-27-39-33-25-19-18-24-32(33)31-22-16-15-17-23-31/h15-19,22-25H,1,3-14,20-21,26-29H2,2H3,(H,36,38). The van der Waals surface area contributed by atoms with E-state index in [0.717, 1.165) is 31.6 Å². The summed E-state index contributed by atoms with van der Waals surface area (Å²) < 4.78 is 16.2. The fourth-order valence-corrected chi connectivity index (χ4v) is 4.59. The predicted molar refractivity (Wildman–Crippen MR) is 167 cm³/mol. The Bertz CT molecular complexity index is 991. The Morgan fingerprint density at radius 1 is 0.634 bits per heavy atom. The van der Waals surface area contributed by atoms with Gasteiger partial charge in [-0.25, -0.2) is 9.59 Å². The van der Waals surface area contributed by atoms with Crippen LogP contribution < -0.4 is 10.1 Å². The summed E-state index contributed by atoms with van der Waals surface area (Å²) in [4.78, 5) is 22.8. The van der Waals surface area contributed by atoms with E-state index in [0.29, 0.717) is 12.2 Å². The van der Waals surface area contributed by atoms with Crippen LogP contribution in [0, 0.1) is 0 Å². The molecule has 0 aliphatic heterocycles. The molecule has 226 valence electrons. The minimum atomic E-state index is -0.467. The number of carbonyl (C=O) groups excluding carboxylic acids is 2. The third-order valence-electron chi connectivity index (χ3n) is 6.95. The predicted octanol–water partition coefficient (Wildman–Crippen LogP) is 9.04. The van der Waals surface area contributed by atoms with Crippen LogP contribution in [0.3, 0.4) is 0 Å². The van der Waals surface area contributed by atoms with Gasteiger partial charge in [-0.15, -0.1) is 0 Å². The van der Waals surface area contributed by atoms with Gasteiger partial charge in [-0.05, 0) is 31.4 Å². The first-order valence-corrected chi connectivity index (χ1v) is 15.6. The lowest BCUT2D eigenvalue weighted by molar-refractivity contribution is -0.138. The number of carbonyl (C=O) groups is 2. The molecule has 2 aromatic rings. The largest absolute Gasteiger partial charge is 0.493 e. The van der Waals surface area contributed by atoms with E-state index in [2.05, 4.69) is 54.4 Å². The van der Waals surface area contributed by atoms with Gasteiger partial charge in [-0.2, -0.15) is 0 Å². The molecule has 0 saturated heterocycles. The summed E-state index contributed by atoms with van der Waals surface area (Å²) in [5.74, 6) is 0.525. The van der Waals surface area contributed by atoms with Crippen LogP contribution in [0.5, 0.6) is 5.75 Å². The Kier molecular flexibility index (Phi) is 18.5. The van der Waals surface area contributed by atoms with Crippen LogP contribution in [-0.4, -0.2) is 38.4 Å². The molecule has 0 radical (unpaired) electrons. The molecule has 0 aliphatic rings. The molecule has 0 aliphatic carbocycles. The molecule has 6 nitrogen and oxygen atoms in total. The number of hydrogen-bond donors (Lipinski definition) is 1. The van der Waals surface area contributed by atoms with Crippen molar-refractivity contribution in [2.45, 2.75) is 96.8 Å². The molecule has 2 rings (SSSR count). The summed E-state index contributed by atoms with van der Waals surface area (Å²) >= 11 is 0. The Morgan fingerprint density at radius 3 is 1.73 bits per heavy atom. The Labute approximate surface area is 247 Å². The SMILES string of the molecule is C=C(C)C(=O)OCCNC(=O)OCCCCCCCCCCCCCCCCOc1ccccc1-c1ccccc1. The summed E-state index contributed by atoms with van der Waals surface area (Å²) in [7, 11) is 0. The van der Waals surface area contributed by atoms with Crippen molar-refractivity contribution in [3.8, 4) is 16.9 Å². The van der Waals surface area contributed by atoms with Crippen molar-refractivity contribution in [2.75, 3.05) is 26.4 Å². The van der Waals surface area contributed by atoms with Crippen LogP contribution in [0.1, 0.15) is 96.8 Å². The molecular weight excluding hydrogens is 514 g/mol. The molecule has 0 aromatic heterocycles. The maximum absolute atomic E-state index is 11.6. The van der Waals surface area contributed by atoms with Gasteiger partial charge in [0.2, 0.25) is 0 Å². The van der Waals surface area contributed by atoms with Crippen LogP contribution in [0.25, 0.3) is 11.1 Å². The fourth-order valence-electron chi connectivity index (χ4n) is 4.59. The number of hydrogen-bond acceptors (Lipinski definition) is 5. The molecule has 0 fully saturated rings. The van der Waals surface area contributed by atoms with E-state index in [1.54, 1.807) is 6.92 Å². The maximum atomic E-state index is 11.6. The van der Waals surface area contributed by atoms with Gasteiger partial charge in [-0.3, -0.25) is 0 Å². The lowest BCUT2D eigenvalue weighted by Gasteiger charge is -2.11. The van der Waals surface area contributed by atoms with E-state index in [4.69, 9.17) is 14.2 Å². The topological polar surface area (TPSA) is 73.9 Å². The number of esters is 1. The third kappa shape index (κ3) is 16.5. The minimum absolute atomic E-state index is 0.114. The molecule has 1 amide bonds. The molecule has 41 heavy (non-hydrogen) atoms. The van der Waals surface area contributed by atoms with Crippen molar-refractivity contribution < 1.29 is 23.8 Å². The normalized spacial score (nSPS) is 10.7. The molecule has 0 atom stereocenters. The number of nitrogens with one attached hydrogen (secondary N) is 1. The van der Waals surface area contributed by atoms with Gasteiger partial charge in [-0.1, -0.05) is 132 Å². The maximum Gasteiger partial charge on any atom is 0.407 e. The zero-order chi connectivity index (χ0) is 29.4.